The van der Waals surface area contributed by atoms with Crippen molar-refractivity contribution in [3.05, 3.63) is 152 Å². The van der Waals surface area contributed by atoms with Crippen molar-refractivity contribution in [3.63, 3.8) is 0 Å². The van der Waals surface area contributed by atoms with Crippen LogP contribution in [0.15, 0.2) is 84.2 Å². The summed E-state index contributed by atoms with van der Waals surface area (Å²) < 4.78 is 82.5. The van der Waals surface area contributed by atoms with Crippen molar-refractivity contribution in [3.8, 4) is 56.9 Å². The summed E-state index contributed by atoms with van der Waals surface area (Å²) in [5.41, 5.74) is 1.85. The SMILES string of the molecule is [C-]#[N+]/C(C#N)=C1/c2cc(-c3ccc(C(F)(F)F)cc3C)ccc2-c2nc3c(nc21)-c1ccc(-c2ccc(C)cc2C(F)(F)F)cc1/C3=C(/C#N)[N+]#[C-]. The van der Waals surface area contributed by atoms with Crippen molar-refractivity contribution in [2.45, 2.75) is 26.2 Å². The maximum Gasteiger partial charge on any atom is 0.417 e. The van der Waals surface area contributed by atoms with Crippen LogP contribution in [0.25, 0.3) is 65.6 Å². The van der Waals surface area contributed by atoms with Gasteiger partial charge in [-0.25, -0.2) is 30.2 Å². The third-order valence-electron chi connectivity index (χ3n) is 9.02. The second kappa shape index (κ2) is 11.8. The third kappa shape index (κ3) is 5.18. The molecule has 1 heterocycles. The number of benzene rings is 4. The minimum absolute atomic E-state index is 0.0713. The normalized spacial score (nSPS) is 14.5. The largest absolute Gasteiger partial charge is 0.417 e. The fourth-order valence-corrected chi connectivity index (χ4v) is 6.73. The first-order chi connectivity index (χ1) is 24.7. The van der Waals surface area contributed by atoms with Gasteiger partial charge in [0.05, 0.1) is 59.2 Å². The summed E-state index contributed by atoms with van der Waals surface area (Å²) in [7, 11) is 0. The number of halogens is 6. The van der Waals surface area contributed by atoms with Crippen molar-refractivity contribution in [2.24, 2.45) is 0 Å². The molecule has 0 unspecified atom stereocenters. The van der Waals surface area contributed by atoms with Crippen LogP contribution >= 0.6 is 0 Å². The molecule has 250 valence electrons. The number of allylic oxidation sites excluding steroid dienone is 2. The molecule has 0 saturated heterocycles. The fourth-order valence-electron chi connectivity index (χ4n) is 6.73. The molecule has 0 N–H and O–H groups in total. The Labute approximate surface area is 292 Å². The molecule has 0 radical (unpaired) electrons. The Morgan fingerprint density at radius 2 is 1.06 bits per heavy atom. The highest BCUT2D eigenvalue weighted by Crippen LogP contribution is 2.52. The number of alkyl halides is 6. The molecule has 0 aliphatic heterocycles. The van der Waals surface area contributed by atoms with Gasteiger partial charge in [-0.15, -0.1) is 0 Å². The van der Waals surface area contributed by atoms with Gasteiger partial charge in [-0.1, -0.05) is 48.0 Å². The molecular weight excluding hydrogens is 678 g/mol. The molecule has 2 aliphatic rings. The van der Waals surface area contributed by atoms with Crippen molar-refractivity contribution in [1.29, 1.82) is 10.5 Å². The number of nitrogens with zero attached hydrogens (tertiary/aromatic N) is 6. The van der Waals surface area contributed by atoms with Crippen molar-refractivity contribution < 1.29 is 26.3 Å². The third-order valence-corrected chi connectivity index (χ3v) is 9.02. The van der Waals surface area contributed by atoms with E-state index in [9.17, 15) is 36.9 Å². The maximum absolute atomic E-state index is 14.1. The predicted molar refractivity (Wildman–Crippen MR) is 180 cm³/mol. The van der Waals surface area contributed by atoms with Gasteiger partial charge in [0.15, 0.2) is 0 Å². The van der Waals surface area contributed by atoms with Gasteiger partial charge >= 0.3 is 12.4 Å². The van der Waals surface area contributed by atoms with E-state index in [2.05, 4.69) is 9.69 Å². The molecule has 5 aromatic rings. The van der Waals surface area contributed by atoms with E-state index in [1.54, 1.807) is 38.1 Å². The lowest BCUT2D eigenvalue weighted by Crippen LogP contribution is -2.07. The summed E-state index contributed by atoms with van der Waals surface area (Å²) in [4.78, 5) is 16.5. The Hall–Kier alpha value is -7.02. The topological polar surface area (TPSA) is 82.1 Å². The highest BCUT2D eigenvalue weighted by molar-refractivity contribution is 6.07. The lowest BCUT2D eigenvalue weighted by atomic mass is 9.93. The molecule has 0 bridgehead atoms. The van der Waals surface area contributed by atoms with Crippen molar-refractivity contribution in [1.82, 2.24) is 9.97 Å². The van der Waals surface area contributed by atoms with Crippen LogP contribution < -0.4 is 0 Å². The summed E-state index contributed by atoms with van der Waals surface area (Å²) in [6.07, 6.45) is -9.20. The van der Waals surface area contributed by atoms with E-state index in [0.717, 1.165) is 18.2 Å². The second-order valence-electron chi connectivity index (χ2n) is 12.1. The van der Waals surface area contributed by atoms with Crippen LogP contribution in [0.3, 0.4) is 0 Å². The zero-order chi connectivity index (χ0) is 37.3. The molecule has 4 aromatic carbocycles. The second-order valence-corrected chi connectivity index (χ2v) is 12.1. The van der Waals surface area contributed by atoms with Gasteiger partial charge in [0.1, 0.15) is 0 Å². The summed E-state index contributed by atoms with van der Waals surface area (Å²) in [5, 5.41) is 20.0. The summed E-state index contributed by atoms with van der Waals surface area (Å²) in [6, 6.07) is 20.5. The van der Waals surface area contributed by atoms with E-state index in [0.29, 0.717) is 38.9 Å². The summed E-state index contributed by atoms with van der Waals surface area (Å²) >= 11 is 0. The predicted octanol–water partition coefficient (Wildman–Crippen LogP) is 10.8. The average Bonchev–Trinajstić information content (AvgIpc) is 3.59. The smallest absolute Gasteiger partial charge is 0.245 e. The Morgan fingerprint density at radius 3 is 1.50 bits per heavy atom. The van der Waals surface area contributed by atoms with E-state index in [1.165, 1.54) is 30.3 Å². The Kier molecular flexibility index (Phi) is 7.60. The van der Waals surface area contributed by atoms with Gasteiger partial charge in [0, 0.05) is 22.3 Å². The Morgan fingerprint density at radius 1 is 0.577 bits per heavy atom. The lowest BCUT2D eigenvalue weighted by molar-refractivity contribution is -0.138. The first-order valence-corrected chi connectivity index (χ1v) is 15.3. The zero-order valence-corrected chi connectivity index (χ0v) is 26.9. The summed E-state index contributed by atoms with van der Waals surface area (Å²) in [6.45, 7) is 18.6. The Balaban J connectivity index is 1.45. The van der Waals surface area contributed by atoms with Crippen LogP contribution in [0.1, 0.15) is 44.8 Å². The van der Waals surface area contributed by atoms with Crippen LogP contribution in [0.4, 0.5) is 26.3 Å². The molecule has 7 rings (SSSR count). The molecule has 0 fully saturated rings. The Bertz CT molecular complexity index is 2640. The van der Waals surface area contributed by atoms with Gasteiger partial charge in [-0.05, 0) is 83.1 Å². The first-order valence-electron chi connectivity index (χ1n) is 15.3. The van der Waals surface area contributed by atoms with Crippen LogP contribution in [-0.2, 0) is 12.4 Å². The number of rotatable bonds is 2. The zero-order valence-electron chi connectivity index (χ0n) is 26.9. The number of hydrogen-bond acceptors (Lipinski definition) is 4. The molecule has 1 aromatic heterocycles. The summed E-state index contributed by atoms with van der Waals surface area (Å²) in [5.74, 6) is 0. The molecule has 0 atom stereocenters. The van der Waals surface area contributed by atoms with Gasteiger partial charge in [0.25, 0.3) is 11.4 Å². The number of fused-ring (bicyclic) bond motifs is 6. The maximum atomic E-state index is 14.1. The highest BCUT2D eigenvalue weighted by atomic mass is 19.4. The molecule has 6 nitrogen and oxygen atoms in total. The molecular formula is C40H18F6N6. The molecule has 0 amide bonds. The average molecular weight is 697 g/mol. The van der Waals surface area contributed by atoms with Gasteiger partial charge in [-0.2, -0.15) is 26.3 Å². The van der Waals surface area contributed by atoms with E-state index in [-0.39, 0.29) is 62.0 Å². The van der Waals surface area contributed by atoms with Crippen LogP contribution in [0, 0.1) is 49.7 Å². The number of hydrogen-bond donors (Lipinski definition) is 0. The molecule has 0 spiro atoms. The molecule has 12 heteroatoms. The van der Waals surface area contributed by atoms with Crippen LogP contribution in [0.5, 0.6) is 0 Å². The van der Waals surface area contributed by atoms with Gasteiger partial charge in [-0.3, -0.25) is 0 Å². The van der Waals surface area contributed by atoms with Crippen molar-refractivity contribution >= 4 is 11.1 Å². The minimum atomic E-state index is -4.66. The van der Waals surface area contributed by atoms with Gasteiger partial charge in [0.2, 0.25) is 0 Å². The highest BCUT2D eigenvalue weighted by Gasteiger charge is 2.38. The van der Waals surface area contributed by atoms with Crippen LogP contribution in [0.2, 0.25) is 0 Å². The standard InChI is InChI=1S/C40H18F6N6/c1-19-5-9-25(30(13-19)40(44,45)46)22-7-11-27-29(16-22)34(32(18-48)50-4)38-36(27)52-37-33(31(17-47)49-3)28-15-21(6-10-26(28)35(37)51-38)24-12-8-23(14-20(24)2)39(41,42)43/h5-16H,1-2H3/b33-31-,34-32+. The number of aromatic nitrogens is 2. The lowest BCUT2D eigenvalue weighted by Gasteiger charge is -2.15. The van der Waals surface area contributed by atoms with Crippen molar-refractivity contribution in [2.75, 3.05) is 0 Å². The van der Waals surface area contributed by atoms with Gasteiger partial charge < -0.3 is 0 Å². The number of nitriles is 2. The molecule has 52 heavy (non-hydrogen) atoms. The van der Waals surface area contributed by atoms with E-state index in [1.807, 2.05) is 12.1 Å². The monoisotopic (exact) mass is 696 g/mol. The molecule has 2 aliphatic carbocycles. The van der Waals surface area contributed by atoms with E-state index in [4.69, 9.17) is 23.1 Å². The number of aryl methyl sites for hydroxylation is 2. The minimum Gasteiger partial charge on any atom is -0.245 e. The van der Waals surface area contributed by atoms with E-state index < -0.39 is 23.5 Å². The quantitative estimate of drug-likeness (QED) is 0.102. The fraction of sp³-hybridized carbons (Fsp3) is 0.100. The van der Waals surface area contributed by atoms with Crippen LogP contribution in [-0.4, -0.2) is 9.97 Å². The molecule has 0 saturated carbocycles. The van der Waals surface area contributed by atoms with E-state index >= 15 is 0 Å². The first kappa shape index (κ1) is 33.5.